The van der Waals surface area contributed by atoms with E-state index in [4.69, 9.17) is 4.74 Å². The number of aryl methyl sites for hydroxylation is 3. The summed E-state index contributed by atoms with van der Waals surface area (Å²) in [4.78, 5) is 0. The van der Waals surface area contributed by atoms with Crippen LogP contribution in [0, 0.1) is 29.3 Å². The molecule has 38 heavy (non-hydrogen) atoms. The van der Waals surface area contributed by atoms with Crippen LogP contribution in [0.4, 0.5) is 26.3 Å². The Morgan fingerprint density at radius 3 is 2.11 bits per heavy atom. The Hall–Kier alpha value is -2.74. The highest BCUT2D eigenvalue weighted by atomic mass is 19.4. The molecule has 0 spiro atoms. The third-order valence-electron chi connectivity index (χ3n) is 7.49. The van der Waals surface area contributed by atoms with Crippen molar-refractivity contribution >= 4 is 10.8 Å². The normalized spacial score (nSPS) is 18.2. The second kappa shape index (κ2) is 12.4. The van der Waals surface area contributed by atoms with E-state index in [2.05, 4.69) is 4.74 Å². The number of hydrogen-bond acceptors (Lipinski definition) is 2. The molecule has 3 aromatic carbocycles. The lowest BCUT2D eigenvalue weighted by Crippen LogP contribution is -2.20. The number of hydrogen-bond donors (Lipinski definition) is 0. The molecule has 206 valence electrons. The molecule has 1 fully saturated rings. The SMILES string of the molecule is COCC1CCC(CCc2ccc3c(F)c(CCc4ccc(OCC(F)(F)F)c(F)c4F)ccc3c2)CC1. The van der Waals surface area contributed by atoms with E-state index in [1.807, 2.05) is 18.2 Å². The average molecular weight is 539 g/mol. The van der Waals surface area contributed by atoms with E-state index in [0.29, 0.717) is 22.8 Å². The van der Waals surface area contributed by atoms with Gasteiger partial charge in [0.05, 0.1) is 0 Å². The summed E-state index contributed by atoms with van der Waals surface area (Å²) < 4.78 is 90.3. The zero-order chi connectivity index (χ0) is 27.3. The third-order valence-corrected chi connectivity index (χ3v) is 7.49. The molecule has 0 aromatic heterocycles. The Morgan fingerprint density at radius 2 is 1.42 bits per heavy atom. The van der Waals surface area contributed by atoms with Crippen molar-refractivity contribution in [3.63, 3.8) is 0 Å². The highest BCUT2D eigenvalue weighted by Crippen LogP contribution is 2.33. The molecule has 1 saturated carbocycles. The lowest BCUT2D eigenvalue weighted by Gasteiger charge is -2.28. The fourth-order valence-corrected chi connectivity index (χ4v) is 5.33. The minimum atomic E-state index is -4.67. The van der Waals surface area contributed by atoms with Gasteiger partial charge >= 0.3 is 6.18 Å². The second-order valence-electron chi connectivity index (χ2n) is 10.2. The molecular weight excluding hydrogens is 506 g/mol. The minimum absolute atomic E-state index is 0.0184. The largest absolute Gasteiger partial charge is 0.481 e. The number of halogens is 6. The van der Waals surface area contributed by atoms with Crippen LogP contribution in [0.3, 0.4) is 0 Å². The van der Waals surface area contributed by atoms with Crippen molar-refractivity contribution in [3.8, 4) is 5.75 Å². The standard InChI is InChI=1S/C30H32F6O2/c1-37-17-21-6-3-19(4-7-21)2-5-20-8-14-25-24(16-20)12-11-22(27(25)31)9-10-23-13-15-26(29(33)28(23)32)38-18-30(34,35)36/h8,11-16,19,21H,2-7,9-10,17-18H2,1H3. The monoisotopic (exact) mass is 538 g/mol. The van der Waals surface area contributed by atoms with E-state index in [9.17, 15) is 22.0 Å². The maximum Gasteiger partial charge on any atom is 0.422 e. The molecule has 0 saturated heterocycles. The summed E-state index contributed by atoms with van der Waals surface area (Å²) in [7, 11) is 1.75. The fourth-order valence-electron chi connectivity index (χ4n) is 5.33. The van der Waals surface area contributed by atoms with Gasteiger partial charge in [-0.1, -0.05) is 49.2 Å². The van der Waals surface area contributed by atoms with Crippen LogP contribution < -0.4 is 4.74 Å². The molecule has 2 nitrogen and oxygen atoms in total. The summed E-state index contributed by atoms with van der Waals surface area (Å²) in [5.74, 6) is -2.62. The van der Waals surface area contributed by atoms with E-state index < -0.39 is 36.0 Å². The molecule has 0 bridgehead atoms. The Kier molecular flexibility index (Phi) is 9.23. The van der Waals surface area contributed by atoms with Gasteiger partial charge in [-0.2, -0.15) is 17.6 Å². The summed E-state index contributed by atoms with van der Waals surface area (Å²) in [5, 5.41) is 1.25. The molecule has 8 heteroatoms. The lowest BCUT2D eigenvalue weighted by atomic mass is 9.80. The molecule has 0 N–H and O–H groups in total. The second-order valence-corrected chi connectivity index (χ2v) is 10.2. The van der Waals surface area contributed by atoms with Crippen LogP contribution in [0.15, 0.2) is 42.5 Å². The van der Waals surface area contributed by atoms with Crippen molar-refractivity contribution in [1.29, 1.82) is 0 Å². The van der Waals surface area contributed by atoms with Gasteiger partial charge in [-0.25, -0.2) is 8.78 Å². The molecule has 1 aliphatic rings. The number of rotatable bonds is 10. The Morgan fingerprint density at radius 1 is 0.763 bits per heavy atom. The predicted octanol–water partition coefficient (Wildman–Crippen LogP) is 8.37. The Labute approximate surface area is 218 Å². The predicted molar refractivity (Wildman–Crippen MR) is 135 cm³/mol. The summed E-state index contributed by atoms with van der Waals surface area (Å²) in [5.41, 5.74) is 1.46. The van der Waals surface area contributed by atoms with E-state index in [0.717, 1.165) is 36.5 Å². The van der Waals surface area contributed by atoms with Crippen LogP contribution in [0.5, 0.6) is 5.75 Å². The van der Waals surface area contributed by atoms with Crippen molar-refractivity contribution in [2.24, 2.45) is 11.8 Å². The van der Waals surface area contributed by atoms with Crippen molar-refractivity contribution in [2.45, 2.75) is 57.5 Å². The van der Waals surface area contributed by atoms with Crippen LogP contribution in [0.1, 0.15) is 48.8 Å². The highest BCUT2D eigenvalue weighted by Gasteiger charge is 2.29. The first kappa shape index (κ1) is 28.3. The van der Waals surface area contributed by atoms with Gasteiger partial charge in [0.1, 0.15) is 5.82 Å². The van der Waals surface area contributed by atoms with Gasteiger partial charge in [-0.05, 0) is 78.5 Å². The minimum Gasteiger partial charge on any atom is -0.481 e. The van der Waals surface area contributed by atoms with E-state index in [1.54, 1.807) is 19.2 Å². The summed E-state index contributed by atoms with van der Waals surface area (Å²) in [6, 6.07) is 11.3. The third kappa shape index (κ3) is 7.22. The Balaban J connectivity index is 1.36. The van der Waals surface area contributed by atoms with E-state index >= 15 is 4.39 Å². The zero-order valence-electron chi connectivity index (χ0n) is 21.4. The summed E-state index contributed by atoms with van der Waals surface area (Å²) in [6.07, 6.45) is 2.30. The van der Waals surface area contributed by atoms with E-state index in [1.165, 1.54) is 31.7 Å². The smallest absolute Gasteiger partial charge is 0.422 e. The van der Waals surface area contributed by atoms with Gasteiger partial charge in [-0.3, -0.25) is 0 Å². The topological polar surface area (TPSA) is 18.5 Å². The maximum absolute atomic E-state index is 15.2. The van der Waals surface area contributed by atoms with Crippen LogP contribution in [-0.2, 0) is 24.0 Å². The first-order valence-electron chi connectivity index (χ1n) is 13.0. The van der Waals surface area contributed by atoms with Crippen LogP contribution >= 0.6 is 0 Å². The molecular formula is C30H32F6O2. The van der Waals surface area contributed by atoms with Gasteiger partial charge in [0.25, 0.3) is 0 Å². The number of fused-ring (bicyclic) bond motifs is 1. The van der Waals surface area contributed by atoms with Crippen LogP contribution in [-0.4, -0.2) is 26.5 Å². The summed E-state index contributed by atoms with van der Waals surface area (Å²) >= 11 is 0. The molecule has 0 radical (unpaired) electrons. The highest BCUT2D eigenvalue weighted by molar-refractivity contribution is 5.84. The maximum atomic E-state index is 15.2. The number of benzene rings is 3. The van der Waals surface area contributed by atoms with Gasteiger partial charge in [0, 0.05) is 19.1 Å². The molecule has 0 amide bonds. The first-order valence-corrected chi connectivity index (χ1v) is 13.0. The van der Waals surface area contributed by atoms with Gasteiger partial charge in [0.15, 0.2) is 18.2 Å². The van der Waals surface area contributed by atoms with Crippen molar-refractivity contribution in [3.05, 3.63) is 76.6 Å². The zero-order valence-corrected chi connectivity index (χ0v) is 21.4. The van der Waals surface area contributed by atoms with Crippen molar-refractivity contribution in [1.82, 2.24) is 0 Å². The van der Waals surface area contributed by atoms with Crippen molar-refractivity contribution in [2.75, 3.05) is 20.3 Å². The Bertz CT molecular complexity index is 1230. The molecule has 4 rings (SSSR count). The molecule has 1 aliphatic carbocycles. The number of ether oxygens (including phenoxy) is 2. The van der Waals surface area contributed by atoms with Gasteiger partial charge < -0.3 is 9.47 Å². The van der Waals surface area contributed by atoms with Crippen molar-refractivity contribution < 1.29 is 35.8 Å². The molecule has 3 aromatic rings. The first-order chi connectivity index (χ1) is 18.1. The van der Waals surface area contributed by atoms with Gasteiger partial charge in [-0.15, -0.1) is 0 Å². The molecule has 0 heterocycles. The van der Waals surface area contributed by atoms with Gasteiger partial charge in [0.2, 0.25) is 5.82 Å². The van der Waals surface area contributed by atoms with E-state index in [-0.39, 0.29) is 18.4 Å². The molecule has 0 aliphatic heterocycles. The number of methoxy groups -OCH3 is 1. The summed E-state index contributed by atoms with van der Waals surface area (Å²) in [6.45, 7) is -0.883. The molecule has 0 atom stereocenters. The van der Waals surface area contributed by atoms with Crippen LogP contribution in [0.2, 0.25) is 0 Å². The quantitative estimate of drug-likeness (QED) is 0.242. The number of alkyl halides is 3. The molecule has 0 unspecified atom stereocenters. The lowest BCUT2D eigenvalue weighted by molar-refractivity contribution is -0.153. The average Bonchev–Trinajstić information content (AvgIpc) is 2.89. The van der Waals surface area contributed by atoms with Crippen LogP contribution in [0.25, 0.3) is 10.8 Å². The fraction of sp³-hybridized carbons (Fsp3) is 0.467.